The largest absolute Gasteiger partial charge is 0.479 e. The van der Waals surface area contributed by atoms with Crippen LogP contribution < -0.4 is 5.73 Å². The molecule has 2 N–H and O–H groups in total. The Morgan fingerprint density at radius 2 is 2.30 bits per heavy atom. The van der Waals surface area contributed by atoms with Crippen molar-refractivity contribution in [3.8, 4) is 0 Å². The molecule has 0 aliphatic carbocycles. The topological polar surface area (TPSA) is 61.5 Å². The van der Waals surface area contributed by atoms with E-state index in [0.717, 1.165) is 6.08 Å². The smallest absolute Gasteiger partial charge is 0.335 e. The van der Waals surface area contributed by atoms with Gasteiger partial charge in [-0.2, -0.15) is 0 Å². The normalized spacial score (nSPS) is 10.8. The lowest BCUT2D eigenvalue weighted by Gasteiger charge is -1.99. The fourth-order valence-electron chi connectivity index (χ4n) is 0.383. The first kappa shape index (κ1) is 8.81. The molecule has 0 bridgehead atoms. The van der Waals surface area contributed by atoms with E-state index in [9.17, 15) is 4.79 Å². The van der Waals surface area contributed by atoms with Crippen molar-refractivity contribution in [3.05, 3.63) is 12.0 Å². The zero-order valence-corrected chi connectivity index (χ0v) is 6.09. The number of carbonyl (C=O) groups excluding carboxylic acids is 1. The summed E-state index contributed by atoms with van der Waals surface area (Å²) < 4.78 is 9.04. The summed E-state index contributed by atoms with van der Waals surface area (Å²) >= 11 is 0. The molecule has 0 radical (unpaired) electrons. The highest BCUT2D eigenvalue weighted by Crippen LogP contribution is 1.87. The molecule has 0 aromatic heterocycles. The van der Waals surface area contributed by atoms with Crippen molar-refractivity contribution in [1.29, 1.82) is 0 Å². The number of carbonyl (C=O) groups is 1. The van der Waals surface area contributed by atoms with E-state index in [1.807, 2.05) is 0 Å². The van der Waals surface area contributed by atoms with Gasteiger partial charge in [-0.25, -0.2) is 4.79 Å². The van der Waals surface area contributed by atoms with E-state index < -0.39 is 5.97 Å². The summed E-state index contributed by atoms with van der Waals surface area (Å²) in [5.74, 6) is -0.430. The van der Waals surface area contributed by atoms with Crippen molar-refractivity contribution in [2.24, 2.45) is 5.73 Å². The second kappa shape index (κ2) is 4.67. The maximum absolute atomic E-state index is 10.4. The number of esters is 1. The summed E-state index contributed by atoms with van der Waals surface area (Å²) in [5, 5.41) is 0. The van der Waals surface area contributed by atoms with Gasteiger partial charge in [-0.1, -0.05) is 0 Å². The first-order valence-corrected chi connectivity index (χ1v) is 2.88. The van der Waals surface area contributed by atoms with Gasteiger partial charge < -0.3 is 15.2 Å². The predicted molar refractivity (Wildman–Crippen MR) is 35.9 cm³/mol. The Hall–Kier alpha value is -1.19. The molecule has 0 unspecified atom stereocenters. The van der Waals surface area contributed by atoms with Gasteiger partial charge in [0.25, 0.3) is 0 Å². The highest BCUT2D eigenvalue weighted by molar-refractivity contribution is 5.82. The lowest BCUT2D eigenvalue weighted by Crippen LogP contribution is -2.06. The Bertz CT molecular complexity index is 142. The first-order chi connectivity index (χ1) is 4.70. The molecule has 4 heteroatoms. The molecule has 0 aliphatic rings. The molecule has 10 heavy (non-hydrogen) atoms. The fourth-order valence-corrected chi connectivity index (χ4v) is 0.383. The van der Waals surface area contributed by atoms with Crippen LogP contribution in [-0.4, -0.2) is 19.7 Å². The van der Waals surface area contributed by atoms with E-state index in [2.05, 4.69) is 4.74 Å². The monoisotopic (exact) mass is 145 g/mol. The SMILES string of the molecule is CCOC(N)=CC(=O)OC. The number of ether oxygens (including phenoxy) is 2. The van der Waals surface area contributed by atoms with Crippen LogP contribution in [0.5, 0.6) is 0 Å². The second-order valence-corrected chi connectivity index (χ2v) is 1.50. The van der Waals surface area contributed by atoms with Gasteiger partial charge in [0.05, 0.1) is 19.8 Å². The summed E-state index contributed by atoms with van der Waals surface area (Å²) in [5.41, 5.74) is 5.20. The Kier molecular flexibility index (Phi) is 4.11. The minimum absolute atomic E-state index is 0.0781. The van der Waals surface area contributed by atoms with Gasteiger partial charge >= 0.3 is 5.97 Å². The van der Waals surface area contributed by atoms with Gasteiger partial charge in [0, 0.05) is 0 Å². The number of methoxy groups -OCH3 is 1. The standard InChI is InChI=1S/C6H11NO3/c1-3-10-5(7)4-6(8)9-2/h4H,3,7H2,1-2H3. The van der Waals surface area contributed by atoms with Crippen LogP contribution in [0, 0.1) is 0 Å². The van der Waals surface area contributed by atoms with Crippen molar-refractivity contribution in [1.82, 2.24) is 0 Å². The molecule has 4 nitrogen and oxygen atoms in total. The Morgan fingerprint density at radius 1 is 1.70 bits per heavy atom. The summed E-state index contributed by atoms with van der Waals surface area (Å²) in [6.07, 6.45) is 1.09. The number of nitrogens with two attached hydrogens (primary N) is 1. The first-order valence-electron chi connectivity index (χ1n) is 2.88. The maximum atomic E-state index is 10.4. The molecule has 0 spiro atoms. The van der Waals surface area contributed by atoms with E-state index in [1.165, 1.54) is 7.11 Å². The quantitative estimate of drug-likeness (QED) is 0.345. The third kappa shape index (κ3) is 3.77. The molecule has 0 aromatic carbocycles. The molecule has 0 fully saturated rings. The van der Waals surface area contributed by atoms with E-state index in [4.69, 9.17) is 10.5 Å². The van der Waals surface area contributed by atoms with Crippen molar-refractivity contribution in [3.63, 3.8) is 0 Å². The van der Waals surface area contributed by atoms with Crippen molar-refractivity contribution >= 4 is 5.97 Å². The van der Waals surface area contributed by atoms with Crippen LogP contribution in [0.15, 0.2) is 12.0 Å². The van der Waals surface area contributed by atoms with Crippen LogP contribution >= 0.6 is 0 Å². The molecule has 0 heterocycles. The maximum Gasteiger partial charge on any atom is 0.335 e. The van der Waals surface area contributed by atoms with Gasteiger partial charge in [-0.3, -0.25) is 0 Å². The van der Waals surface area contributed by atoms with Gasteiger partial charge in [0.15, 0.2) is 5.88 Å². The van der Waals surface area contributed by atoms with E-state index in [1.54, 1.807) is 6.92 Å². The fraction of sp³-hybridized carbons (Fsp3) is 0.500. The number of rotatable bonds is 3. The van der Waals surface area contributed by atoms with Gasteiger partial charge in [0.2, 0.25) is 0 Å². The van der Waals surface area contributed by atoms with Crippen molar-refractivity contribution in [2.45, 2.75) is 6.92 Å². The highest BCUT2D eigenvalue weighted by Gasteiger charge is 1.95. The molecule has 0 aliphatic heterocycles. The van der Waals surface area contributed by atoms with Crippen LogP contribution in [0.25, 0.3) is 0 Å². The Morgan fingerprint density at radius 3 is 2.70 bits per heavy atom. The van der Waals surface area contributed by atoms with Crippen LogP contribution in [0.2, 0.25) is 0 Å². The predicted octanol–water partition coefficient (Wildman–Crippen LogP) is -0.00400. The average Bonchev–Trinajstić information content (AvgIpc) is 1.88. The zero-order valence-electron chi connectivity index (χ0n) is 6.09. The summed E-state index contributed by atoms with van der Waals surface area (Å²) in [6.45, 7) is 2.22. The van der Waals surface area contributed by atoms with E-state index in [-0.39, 0.29) is 5.88 Å². The lowest BCUT2D eigenvalue weighted by atomic mass is 10.6. The highest BCUT2D eigenvalue weighted by atomic mass is 16.5. The Balaban J connectivity index is 3.77. The lowest BCUT2D eigenvalue weighted by molar-refractivity contribution is -0.135. The number of hydrogen-bond donors (Lipinski definition) is 1. The van der Waals surface area contributed by atoms with Crippen molar-refractivity contribution in [2.75, 3.05) is 13.7 Å². The molecule has 0 atom stereocenters. The second-order valence-electron chi connectivity index (χ2n) is 1.50. The molecule has 0 saturated carbocycles. The molecular weight excluding hydrogens is 134 g/mol. The summed E-state index contributed by atoms with van der Waals surface area (Å²) in [6, 6.07) is 0. The minimum atomic E-state index is -0.508. The van der Waals surface area contributed by atoms with Crippen LogP contribution in [-0.2, 0) is 14.3 Å². The summed E-state index contributed by atoms with van der Waals surface area (Å²) in [7, 11) is 1.28. The van der Waals surface area contributed by atoms with Gasteiger partial charge in [-0.05, 0) is 6.92 Å². The molecule has 0 aromatic rings. The average molecular weight is 145 g/mol. The van der Waals surface area contributed by atoms with Crippen LogP contribution in [0.3, 0.4) is 0 Å². The summed E-state index contributed by atoms with van der Waals surface area (Å²) in [4.78, 5) is 10.4. The van der Waals surface area contributed by atoms with Gasteiger partial charge in [0.1, 0.15) is 0 Å². The van der Waals surface area contributed by atoms with Crippen LogP contribution in [0.4, 0.5) is 0 Å². The van der Waals surface area contributed by atoms with E-state index in [0.29, 0.717) is 6.61 Å². The molecular formula is C6H11NO3. The van der Waals surface area contributed by atoms with Crippen LogP contribution in [0.1, 0.15) is 6.92 Å². The molecule has 58 valence electrons. The Labute approximate surface area is 59.6 Å². The molecule has 0 rings (SSSR count). The minimum Gasteiger partial charge on any atom is -0.479 e. The third-order valence-corrected chi connectivity index (χ3v) is 0.772. The molecule has 0 amide bonds. The molecule has 0 saturated heterocycles. The van der Waals surface area contributed by atoms with E-state index >= 15 is 0 Å². The number of hydrogen-bond acceptors (Lipinski definition) is 4. The zero-order chi connectivity index (χ0) is 7.98. The third-order valence-electron chi connectivity index (χ3n) is 0.772. The van der Waals surface area contributed by atoms with Crippen molar-refractivity contribution < 1.29 is 14.3 Å². The van der Waals surface area contributed by atoms with Gasteiger partial charge in [-0.15, -0.1) is 0 Å².